The lowest BCUT2D eigenvalue weighted by molar-refractivity contribution is 0.102. The van der Waals surface area contributed by atoms with E-state index in [1.807, 2.05) is 18.2 Å². The van der Waals surface area contributed by atoms with E-state index in [2.05, 4.69) is 5.32 Å². The summed E-state index contributed by atoms with van der Waals surface area (Å²) in [4.78, 5) is 12.4. The molecule has 3 aromatic carbocycles. The standard InChI is InChI=1S/C21H19FN2O3S/c1-24(28(26,27)20-12-10-18(22)11-13-20)15-16-6-5-7-17(14-16)21(25)23-19-8-3-2-4-9-19/h2-14H,15H2,1H3,(H,23,25). The Hall–Kier alpha value is -3.03. The van der Waals surface area contributed by atoms with Crippen molar-refractivity contribution in [3.63, 3.8) is 0 Å². The van der Waals surface area contributed by atoms with Crippen LogP contribution in [-0.2, 0) is 16.6 Å². The Balaban J connectivity index is 1.75. The van der Waals surface area contributed by atoms with E-state index in [0.717, 1.165) is 16.4 Å². The summed E-state index contributed by atoms with van der Waals surface area (Å²) in [6, 6.07) is 20.5. The molecule has 0 saturated heterocycles. The Morgan fingerprint density at radius 3 is 2.32 bits per heavy atom. The van der Waals surface area contributed by atoms with E-state index in [9.17, 15) is 17.6 Å². The van der Waals surface area contributed by atoms with Crippen LogP contribution in [0.25, 0.3) is 0 Å². The average Bonchev–Trinajstić information content (AvgIpc) is 2.69. The number of benzene rings is 3. The van der Waals surface area contributed by atoms with Crippen LogP contribution in [0.15, 0.2) is 83.8 Å². The van der Waals surface area contributed by atoms with Crippen molar-refractivity contribution in [2.45, 2.75) is 11.4 Å². The predicted octanol–water partition coefficient (Wildman–Crippen LogP) is 3.90. The van der Waals surface area contributed by atoms with Crippen LogP contribution in [-0.4, -0.2) is 25.7 Å². The number of para-hydroxylation sites is 1. The number of hydrogen-bond donors (Lipinski definition) is 1. The molecule has 0 radical (unpaired) electrons. The van der Waals surface area contributed by atoms with Gasteiger partial charge in [-0.3, -0.25) is 4.79 Å². The molecule has 0 heterocycles. The van der Waals surface area contributed by atoms with Gasteiger partial charge in [-0.05, 0) is 54.1 Å². The summed E-state index contributed by atoms with van der Waals surface area (Å²) in [6.07, 6.45) is 0. The van der Waals surface area contributed by atoms with Crippen LogP contribution in [0, 0.1) is 5.82 Å². The molecule has 0 aliphatic rings. The van der Waals surface area contributed by atoms with Gasteiger partial charge in [0.1, 0.15) is 5.82 Å². The quantitative estimate of drug-likeness (QED) is 0.685. The van der Waals surface area contributed by atoms with E-state index >= 15 is 0 Å². The minimum atomic E-state index is -3.77. The maximum absolute atomic E-state index is 13.1. The lowest BCUT2D eigenvalue weighted by Gasteiger charge is -2.17. The number of nitrogens with zero attached hydrogens (tertiary/aromatic N) is 1. The molecular formula is C21H19FN2O3S. The number of halogens is 1. The van der Waals surface area contributed by atoms with E-state index in [-0.39, 0.29) is 17.3 Å². The monoisotopic (exact) mass is 398 g/mol. The van der Waals surface area contributed by atoms with Gasteiger partial charge in [-0.2, -0.15) is 4.31 Å². The van der Waals surface area contributed by atoms with Gasteiger partial charge in [0.25, 0.3) is 5.91 Å². The molecule has 1 N–H and O–H groups in total. The second-order valence-electron chi connectivity index (χ2n) is 6.24. The van der Waals surface area contributed by atoms with Crippen molar-refractivity contribution in [2.75, 3.05) is 12.4 Å². The van der Waals surface area contributed by atoms with E-state index in [1.54, 1.807) is 36.4 Å². The van der Waals surface area contributed by atoms with Crippen molar-refractivity contribution < 1.29 is 17.6 Å². The second kappa shape index (κ2) is 8.33. The van der Waals surface area contributed by atoms with Crippen molar-refractivity contribution in [2.24, 2.45) is 0 Å². The van der Waals surface area contributed by atoms with E-state index in [0.29, 0.717) is 16.8 Å². The first kappa shape index (κ1) is 19.7. The molecule has 7 heteroatoms. The lowest BCUT2D eigenvalue weighted by atomic mass is 10.1. The number of carbonyl (C=O) groups excluding carboxylic acids is 1. The molecule has 0 atom stereocenters. The fourth-order valence-corrected chi connectivity index (χ4v) is 3.82. The van der Waals surface area contributed by atoms with Crippen LogP contribution in [0.4, 0.5) is 10.1 Å². The third-order valence-corrected chi connectivity index (χ3v) is 5.97. The van der Waals surface area contributed by atoms with Crippen LogP contribution >= 0.6 is 0 Å². The van der Waals surface area contributed by atoms with Crippen molar-refractivity contribution in [3.05, 3.63) is 95.8 Å². The number of anilines is 1. The van der Waals surface area contributed by atoms with Gasteiger partial charge >= 0.3 is 0 Å². The molecule has 3 aromatic rings. The summed E-state index contributed by atoms with van der Waals surface area (Å²) >= 11 is 0. The Bertz CT molecular complexity index is 1070. The highest BCUT2D eigenvalue weighted by Gasteiger charge is 2.21. The molecule has 0 spiro atoms. The summed E-state index contributed by atoms with van der Waals surface area (Å²) < 4.78 is 39.5. The molecule has 0 aromatic heterocycles. The smallest absolute Gasteiger partial charge is 0.255 e. The maximum Gasteiger partial charge on any atom is 0.255 e. The Kier molecular flexibility index (Phi) is 5.87. The molecule has 28 heavy (non-hydrogen) atoms. The zero-order valence-electron chi connectivity index (χ0n) is 15.2. The van der Waals surface area contributed by atoms with E-state index in [1.165, 1.54) is 19.2 Å². The highest BCUT2D eigenvalue weighted by Crippen LogP contribution is 2.18. The van der Waals surface area contributed by atoms with Gasteiger partial charge < -0.3 is 5.32 Å². The summed E-state index contributed by atoms with van der Waals surface area (Å²) in [7, 11) is -2.33. The first-order chi connectivity index (χ1) is 13.4. The SMILES string of the molecule is CN(Cc1cccc(C(=O)Nc2ccccc2)c1)S(=O)(=O)c1ccc(F)cc1. The number of amides is 1. The molecular weight excluding hydrogens is 379 g/mol. The number of carbonyl (C=O) groups is 1. The van der Waals surface area contributed by atoms with Crippen LogP contribution in [0.2, 0.25) is 0 Å². The third-order valence-electron chi connectivity index (χ3n) is 4.15. The summed E-state index contributed by atoms with van der Waals surface area (Å²) in [5, 5.41) is 2.79. The van der Waals surface area contributed by atoms with Crippen LogP contribution in [0.5, 0.6) is 0 Å². The number of sulfonamides is 1. The largest absolute Gasteiger partial charge is 0.322 e. The van der Waals surface area contributed by atoms with Gasteiger partial charge in [-0.15, -0.1) is 0 Å². The highest BCUT2D eigenvalue weighted by atomic mass is 32.2. The number of rotatable bonds is 6. The predicted molar refractivity (Wildman–Crippen MR) is 106 cm³/mol. The van der Waals surface area contributed by atoms with Crippen molar-refractivity contribution in [1.29, 1.82) is 0 Å². The fraction of sp³-hybridized carbons (Fsp3) is 0.0952. The summed E-state index contributed by atoms with van der Waals surface area (Å²) in [5.41, 5.74) is 1.76. The molecule has 0 saturated carbocycles. The summed E-state index contributed by atoms with van der Waals surface area (Å²) in [5.74, 6) is -0.782. The zero-order chi connectivity index (χ0) is 20.1. The normalized spacial score (nSPS) is 11.4. The highest BCUT2D eigenvalue weighted by molar-refractivity contribution is 7.89. The zero-order valence-corrected chi connectivity index (χ0v) is 16.0. The first-order valence-corrected chi connectivity index (χ1v) is 9.97. The van der Waals surface area contributed by atoms with Gasteiger partial charge in [0.05, 0.1) is 4.90 Å². The number of nitrogens with one attached hydrogen (secondary N) is 1. The molecule has 0 unspecified atom stereocenters. The van der Waals surface area contributed by atoms with Gasteiger partial charge in [0, 0.05) is 24.8 Å². The third kappa shape index (κ3) is 4.62. The van der Waals surface area contributed by atoms with Crippen molar-refractivity contribution in [1.82, 2.24) is 4.31 Å². The minimum absolute atomic E-state index is 0.00868. The lowest BCUT2D eigenvalue weighted by Crippen LogP contribution is -2.26. The molecule has 3 rings (SSSR count). The molecule has 0 aliphatic carbocycles. The Labute approximate surface area is 163 Å². The topological polar surface area (TPSA) is 66.5 Å². The van der Waals surface area contributed by atoms with Crippen molar-refractivity contribution in [3.8, 4) is 0 Å². The fourth-order valence-electron chi connectivity index (χ4n) is 2.66. The van der Waals surface area contributed by atoms with E-state index < -0.39 is 15.8 Å². The molecule has 0 bridgehead atoms. The van der Waals surface area contributed by atoms with Gasteiger partial charge in [-0.1, -0.05) is 30.3 Å². The molecule has 0 aliphatic heterocycles. The van der Waals surface area contributed by atoms with Gasteiger partial charge in [0.15, 0.2) is 0 Å². The van der Waals surface area contributed by atoms with Crippen LogP contribution < -0.4 is 5.32 Å². The number of hydrogen-bond acceptors (Lipinski definition) is 3. The minimum Gasteiger partial charge on any atom is -0.322 e. The maximum atomic E-state index is 13.1. The van der Waals surface area contributed by atoms with E-state index in [4.69, 9.17) is 0 Å². The van der Waals surface area contributed by atoms with Crippen LogP contribution in [0.1, 0.15) is 15.9 Å². The Morgan fingerprint density at radius 1 is 0.964 bits per heavy atom. The molecule has 0 fully saturated rings. The first-order valence-electron chi connectivity index (χ1n) is 8.53. The average molecular weight is 398 g/mol. The molecule has 144 valence electrons. The molecule has 5 nitrogen and oxygen atoms in total. The van der Waals surface area contributed by atoms with Gasteiger partial charge in [-0.25, -0.2) is 12.8 Å². The van der Waals surface area contributed by atoms with Crippen LogP contribution in [0.3, 0.4) is 0 Å². The summed E-state index contributed by atoms with van der Waals surface area (Å²) in [6.45, 7) is 0.0756. The van der Waals surface area contributed by atoms with Crippen molar-refractivity contribution >= 4 is 21.6 Å². The molecule has 1 amide bonds. The van der Waals surface area contributed by atoms with Gasteiger partial charge in [0.2, 0.25) is 10.0 Å². The second-order valence-corrected chi connectivity index (χ2v) is 8.28. The Morgan fingerprint density at radius 2 is 1.64 bits per heavy atom.